The number of aliphatic carboxylic acids is 1. The highest BCUT2D eigenvalue weighted by molar-refractivity contribution is 5.67. The predicted molar refractivity (Wildman–Crippen MR) is 62.3 cm³/mol. The molecule has 0 saturated heterocycles. The van der Waals surface area contributed by atoms with E-state index in [9.17, 15) is 9.59 Å². The van der Waals surface area contributed by atoms with Gasteiger partial charge >= 0.3 is 5.97 Å². The van der Waals surface area contributed by atoms with Crippen molar-refractivity contribution in [3.05, 3.63) is 34.6 Å². The van der Waals surface area contributed by atoms with Crippen molar-refractivity contribution in [3.63, 3.8) is 0 Å². The van der Waals surface area contributed by atoms with Gasteiger partial charge < -0.3 is 18.8 Å². The average molecular weight is 265 g/mol. The monoisotopic (exact) mass is 265 g/mol. The fourth-order valence-electron chi connectivity index (χ4n) is 1.34. The highest BCUT2D eigenvalue weighted by Crippen LogP contribution is 2.15. The molecule has 100 valence electrons. The summed E-state index contributed by atoms with van der Waals surface area (Å²) < 4.78 is 11.5. The summed E-state index contributed by atoms with van der Waals surface area (Å²) in [4.78, 5) is 21.7. The molecule has 0 aromatic carbocycles. The topological polar surface area (TPSA) is 107 Å². The van der Waals surface area contributed by atoms with Crippen molar-refractivity contribution in [2.24, 2.45) is 7.05 Å². The molecule has 2 aromatic heterocycles. The zero-order chi connectivity index (χ0) is 13.8. The van der Waals surface area contributed by atoms with E-state index in [2.05, 4.69) is 10.2 Å². The highest BCUT2D eigenvalue weighted by Gasteiger charge is 2.10. The number of carboxylic acid groups (broad SMARTS) is 1. The lowest BCUT2D eigenvalue weighted by Crippen LogP contribution is -2.14. The lowest BCUT2D eigenvalue weighted by atomic mass is 10.3. The van der Waals surface area contributed by atoms with E-state index in [1.807, 2.05) is 0 Å². The number of pyridine rings is 1. The summed E-state index contributed by atoms with van der Waals surface area (Å²) in [5.74, 6) is -0.741. The van der Waals surface area contributed by atoms with E-state index in [0.717, 1.165) is 0 Å². The summed E-state index contributed by atoms with van der Waals surface area (Å²) in [7, 11) is 1.63. The third-order valence-electron chi connectivity index (χ3n) is 2.27. The molecule has 2 rings (SSSR count). The van der Waals surface area contributed by atoms with Gasteiger partial charge in [-0.15, -0.1) is 10.2 Å². The first-order valence-corrected chi connectivity index (χ1v) is 5.35. The van der Waals surface area contributed by atoms with Crippen molar-refractivity contribution in [2.75, 3.05) is 6.61 Å². The zero-order valence-corrected chi connectivity index (χ0v) is 10.1. The first-order chi connectivity index (χ1) is 9.06. The molecule has 0 amide bonds. The van der Waals surface area contributed by atoms with E-state index in [-0.39, 0.29) is 23.9 Å². The Bertz CT molecular complexity index is 646. The van der Waals surface area contributed by atoms with Crippen molar-refractivity contribution in [3.8, 4) is 11.5 Å². The van der Waals surface area contributed by atoms with Gasteiger partial charge in [-0.25, -0.2) is 4.79 Å². The molecule has 0 aliphatic heterocycles. The number of aromatic nitrogens is 3. The Hall–Kier alpha value is -2.48. The Morgan fingerprint density at radius 3 is 3.00 bits per heavy atom. The first kappa shape index (κ1) is 13.0. The molecule has 8 heteroatoms. The number of rotatable bonds is 5. The van der Waals surface area contributed by atoms with Gasteiger partial charge in [0.2, 0.25) is 11.8 Å². The minimum absolute atomic E-state index is 0.0931. The normalized spacial score (nSPS) is 10.6. The van der Waals surface area contributed by atoms with Gasteiger partial charge in [-0.05, 0) is 6.07 Å². The Kier molecular flexibility index (Phi) is 3.71. The van der Waals surface area contributed by atoms with E-state index in [4.69, 9.17) is 14.3 Å². The summed E-state index contributed by atoms with van der Waals surface area (Å²) in [6.45, 7) is -0.534. The Morgan fingerprint density at radius 1 is 1.53 bits per heavy atom. The number of aryl methyl sites for hydroxylation is 1. The van der Waals surface area contributed by atoms with Crippen LogP contribution in [0.15, 0.2) is 27.5 Å². The number of carboxylic acids is 1. The van der Waals surface area contributed by atoms with Crippen LogP contribution in [0.2, 0.25) is 0 Å². The van der Waals surface area contributed by atoms with Crippen molar-refractivity contribution < 1.29 is 19.1 Å². The lowest BCUT2D eigenvalue weighted by Gasteiger charge is -1.97. The molecule has 0 fully saturated rings. The van der Waals surface area contributed by atoms with E-state index in [1.165, 1.54) is 10.6 Å². The predicted octanol–water partition coefficient (Wildman–Crippen LogP) is 0.0365. The molecule has 8 nitrogen and oxygen atoms in total. The SMILES string of the molecule is Cn1ccc(-c2nnc(COCC(=O)O)o2)cc1=O. The van der Waals surface area contributed by atoms with Crippen LogP contribution in [0.25, 0.3) is 11.5 Å². The molecule has 0 unspecified atom stereocenters. The molecule has 0 bridgehead atoms. The second kappa shape index (κ2) is 5.44. The van der Waals surface area contributed by atoms with Crippen molar-refractivity contribution >= 4 is 5.97 Å². The Labute approximate surface area is 107 Å². The third-order valence-corrected chi connectivity index (χ3v) is 2.27. The molecule has 1 N–H and O–H groups in total. The molecule has 0 atom stereocenters. The molecule has 2 heterocycles. The van der Waals surface area contributed by atoms with Gasteiger partial charge in [0.25, 0.3) is 5.56 Å². The Morgan fingerprint density at radius 2 is 2.32 bits per heavy atom. The van der Waals surface area contributed by atoms with Gasteiger partial charge in [0, 0.05) is 24.9 Å². The fourth-order valence-corrected chi connectivity index (χ4v) is 1.34. The maximum atomic E-state index is 11.5. The van der Waals surface area contributed by atoms with Gasteiger partial charge in [0.1, 0.15) is 13.2 Å². The van der Waals surface area contributed by atoms with Gasteiger partial charge in [0.05, 0.1) is 0 Å². The van der Waals surface area contributed by atoms with Gasteiger partial charge in [-0.3, -0.25) is 4.79 Å². The van der Waals surface area contributed by atoms with Crippen LogP contribution < -0.4 is 5.56 Å². The molecule has 0 aliphatic rings. The van der Waals surface area contributed by atoms with Crippen molar-refractivity contribution in [2.45, 2.75) is 6.61 Å². The van der Waals surface area contributed by atoms with E-state index in [1.54, 1.807) is 19.3 Å². The number of nitrogens with zero attached hydrogens (tertiary/aromatic N) is 3. The summed E-state index contributed by atoms with van der Waals surface area (Å²) in [6.07, 6.45) is 1.59. The quantitative estimate of drug-likeness (QED) is 0.812. The second-order valence-corrected chi connectivity index (χ2v) is 3.75. The molecule has 0 aliphatic carbocycles. The smallest absolute Gasteiger partial charge is 0.329 e. The maximum absolute atomic E-state index is 11.5. The van der Waals surface area contributed by atoms with Gasteiger partial charge in [0.15, 0.2) is 0 Å². The van der Waals surface area contributed by atoms with Crippen LogP contribution in [0.4, 0.5) is 0 Å². The summed E-state index contributed by atoms with van der Waals surface area (Å²) in [6, 6.07) is 3.03. The van der Waals surface area contributed by atoms with Crippen LogP contribution in [-0.2, 0) is 23.2 Å². The van der Waals surface area contributed by atoms with Crippen LogP contribution in [0.3, 0.4) is 0 Å². The van der Waals surface area contributed by atoms with E-state index < -0.39 is 12.6 Å². The van der Waals surface area contributed by atoms with Crippen LogP contribution in [0.5, 0.6) is 0 Å². The third kappa shape index (κ3) is 3.26. The zero-order valence-electron chi connectivity index (χ0n) is 10.1. The largest absolute Gasteiger partial charge is 0.480 e. The second-order valence-electron chi connectivity index (χ2n) is 3.75. The molecular formula is C11H11N3O5. The summed E-state index contributed by atoms with van der Waals surface area (Å²) >= 11 is 0. The van der Waals surface area contributed by atoms with Crippen molar-refractivity contribution in [1.29, 1.82) is 0 Å². The first-order valence-electron chi connectivity index (χ1n) is 5.35. The minimum Gasteiger partial charge on any atom is -0.480 e. The molecule has 0 spiro atoms. The minimum atomic E-state index is -1.08. The van der Waals surface area contributed by atoms with Gasteiger partial charge in [-0.1, -0.05) is 0 Å². The fraction of sp³-hybridized carbons (Fsp3) is 0.273. The highest BCUT2D eigenvalue weighted by atomic mass is 16.5. The maximum Gasteiger partial charge on any atom is 0.329 e. The average Bonchev–Trinajstić information content (AvgIpc) is 2.81. The molecule has 2 aromatic rings. The van der Waals surface area contributed by atoms with Gasteiger partial charge in [-0.2, -0.15) is 0 Å². The van der Waals surface area contributed by atoms with E-state index in [0.29, 0.717) is 5.56 Å². The molecule has 0 radical (unpaired) electrons. The van der Waals surface area contributed by atoms with E-state index >= 15 is 0 Å². The van der Waals surface area contributed by atoms with Crippen LogP contribution >= 0.6 is 0 Å². The standard InChI is InChI=1S/C11H11N3O5/c1-14-3-2-7(4-9(14)15)11-13-12-8(19-11)5-18-6-10(16)17/h2-4H,5-6H2,1H3,(H,16,17). The number of ether oxygens (including phenoxy) is 1. The van der Waals surface area contributed by atoms with Crippen LogP contribution in [0, 0.1) is 0 Å². The Balaban J connectivity index is 2.09. The summed E-state index contributed by atoms with van der Waals surface area (Å²) in [5.41, 5.74) is 0.305. The van der Waals surface area contributed by atoms with Crippen LogP contribution in [0.1, 0.15) is 5.89 Å². The molecule has 19 heavy (non-hydrogen) atoms. The number of hydrogen-bond acceptors (Lipinski definition) is 6. The van der Waals surface area contributed by atoms with Crippen molar-refractivity contribution in [1.82, 2.24) is 14.8 Å². The van der Waals surface area contributed by atoms with Crippen LogP contribution in [-0.4, -0.2) is 32.4 Å². The molecular weight excluding hydrogens is 254 g/mol. The summed E-state index contributed by atoms with van der Waals surface area (Å²) in [5, 5.41) is 15.9. The lowest BCUT2D eigenvalue weighted by molar-refractivity contribution is -0.142. The number of hydrogen-bond donors (Lipinski definition) is 1. The number of carbonyl (C=O) groups is 1. The molecule has 0 saturated carbocycles.